The highest BCUT2D eigenvalue weighted by Gasteiger charge is 2.25. The van der Waals surface area contributed by atoms with E-state index >= 15 is 0 Å². The Kier molecular flexibility index (Phi) is 2.87. The molecule has 74 valence electrons. The van der Waals surface area contributed by atoms with Crippen molar-refractivity contribution in [3.63, 3.8) is 0 Å². The highest BCUT2D eigenvalue weighted by atomic mass is 35.5. The first kappa shape index (κ1) is 9.72. The van der Waals surface area contributed by atoms with Crippen molar-refractivity contribution in [3.05, 3.63) is 35.4 Å². The van der Waals surface area contributed by atoms with Gasteiger partial charge in [0.15, 0.2) is 0 Å². The predicted molar refractivity (Wildman–Crippen MR) is 57.5 cm³/mol. The Morgan fingerprint density at radius 2 is 2.14 bits per heavy atom. The van der Waals surface area contributed by atoms with Gasteiger partial charge in [-0.25, -0.2) is 0 Å². The number of hydrogen-bond donors (Lipinski definition) is 0. The first-order chi connectivity index (χ1) is 6.83. The first-order valence-electron chi connectivity index (χ1n) is 5.00. The molecule has 1 aromatic carbocycles. The van der Waals surface area contributed by atoms with E-state index in [1.807, 2.05) is 18.2 Å². The Morgan fingerprint density at radius 1 is 1.36 bits per heavy atom. The lowest BCUT2D eigenvalue weighted by Gasteiger charge is -2.14. The second kappa shape index (κ2) is 4.14. The Bertz CT molecular complexity index is 335. The number of aryl methyl sites for hydroxylation is 1. The van der Waals surface area contributed by atoms with Crippen molar-refractivity contribution in [1.82, 2.24) is 0 Å². The summed E-state index contributed by atoms with van der Waals surface area (Å²) in [4.78, 5) is 10.8. The minimum atomic E-state index is -0.133. The molecule has 0 spiro atoms. The van der Waals surface area contributed by atoms with Crippen LogP contribution in [-0.4, -0.2) is 6.29 Å². The van der Waals surface area contributed by atoms with Gasteiger partial charge in [-0.3, -0.25) is 0 Å². The molecule has 2 heteroatoms. The third-order valence-corrected chi connectivity index (χ3v) is 3.45. The molecule has 0 aromatic heterocycles. The van der Waals surface area contributed by atoms with E-state index in [4.69, 9.17) is 11.6 Å². The van der Waals surface area contributed by atoms with E-state index in [1.165, 1.54) is 5.56 Å². The van der Waals surface area contributed by atoms with Crippen molar-refractivity contribution in [2.24, 2.45) is 5.92 Å². The predicted octanol–water partition coefficient (Wildman–Crippen LogP) is 3.12. The molecule has 2 rings (SSSR count). The van der Waals surface area contributed by atoms with Gasteiger partial charge in [0.25, 0.3) is 0 Å². The molecule has 1 aliphatic carbocycles. The maximum absolute atomic E-state index is 10.8. The summed E-state index contributed by atoms with van der Waals surface area (Å²) in [5.74, 6) is -0.0136. The summed E-state index contributed by atoms with van der Waals surface area (Å²) in [6, 6.07) is 8.16. The van der Waals surface area contributed by atoms with Crippen LogP contribution >= 0.6 is 11.6 Å². The van der Waals surface area contributed by atoms with Crippen molar-refractivity contribution in [1.29, 1.82) is 0 Å². The summed E-state index contributed by atoms with van der Waals surface area (Å²) in [6.07, 6.45) is 4.01. The van der Waals surface area contributed by atoms with Crippen LogP contribution in [0.4, 0.5) is 0 Å². The maximum atomic E-state index is 10.8. The van der Waals surface area contributed by atoms with E-state index in [1.54, 1.807) is 0 Å². The Hall–Kier alpha value is -0.820. The molecule has 14 heavy (non-hydrogen) atoms. The molecule has 0 amide bonds. The van der Waals surface area contributed by atoms with Gasteiger partial charge in [0.2, 0.25) is 0 Å². The van der Waals surface area contributed by atoms with E-state index in [0.29, 0.717) is 0 Å². The fourth-order valence-corrected chi connectivity index (χ4v) is 2.47. The molecular weight excluding hydrogens is 196 g/mol. The average Bonchev–Trinajstić information content (AvgIpc) is 2.39. The van der Waals surface area contributed by atoms with Crippen molar-refractivity contribution in [2.75, 3.05) is 0 Å². The molecule has 0 bridgehead atoms. The topological polar surface area (TPSA) is 17.1 Å². The number of rotatable bonds is 1. The molecule has 0 heterocycles. The summed E-state index contributed by atoms with van der Waals surface area (Å²) in [5, 5.41) is -0.133. The quantitative estimate of drug-likeness (QED) is 0.394. The number of hydrogen-bond acceptors (Lipinski definition) is 1. The molecule has 0 saturated carbocycles. The highest BCUT2D eigenvalue weighted by molar-refractivity contribution is 6.22. The fraction of sp³-hybridized carbons (Fsp3) is 0.417. The van der Waals surface area contributed by atoms with Gasteiger partial charge in [-0.1, -0.05) is 24.3 Å². The van der Waals surface area contributed by atoms with Gasteiger partial charge in [0.1, 0.15) is 6.29 Å². The highest BCUT2D eigenvalue weighted by Crippen LogP contribution is 2.36. The second-order valence-corrected chi connectivity index (χ2v) is 4.26. The number of fused-ring (bicyclic) bond motifs is 1. The largest absolute Gasteiger partial charge is 0.303 e. The van der Waals surface area contributed by atoms with Crippen molar-refractivity contribution < 1.29 is 4.79 Å². The molecule has 1 aromatic rings. The molecule has 2 unspecified atom stereocenters. The van der Waals surface area contributed by atoms with E-state index < -0.39 is 0 Å². The zero-order valence-corrected chi connectivity index (χ0v) is 8.70. The van der Waals surface area contributed by atoms with Crippen molar-refractivity contribution >= 4 is 17.9 Å². The van der Waals surface area contributed by atoms with Crippen LogP contribution in [0.1, 0.15) is 29.3 Å². The number of aldehydes is 1. The third-order valence-electron chi connectivity index (χ3n) is 2.89. The number of benzene rings is 1. The van der Waals surface area contributed by atoms with Gasteiger partial charge >= 0.3 is 0 Å². The minimum Gasteiger partial charge on any atom is -0.303 e. The summed E-state index contributed by atoms with van der Waals surface area (Å²) in [6.45, 7) is 0. The van der Waals surface area contributed by atoms with Crippen molar-refractivity contribution in [3.8, 4) is 0 Å². The molecule has 0 saturated heterocycles. The number of alkyl halides is 1. The van der Waals surface area contributed by atoms with Gasteiger partial charge < -0.3 is 4.79 Å². The van der Waals surface area contributed by atoms with Gasteiger partial charge in [0, 0.05) is 5.92 Å². The smallest absolute Gasteiger partial charge is 0.124 e. The van der Waals surface area contributed by atoms with Crippen LogP contribution < -0.4 is 0 Å². The van der Waals surface area contributed by atoms with Crippen LogP contribution in [0.25, 0.3) is 0 Å². The monoisotopic (exact) mass is 208 g/mol. The van der Waals surface area contributed by atoms with Crippen LogP contribution in [0.15, 0.2) is 24.3 Å². The molecule has 1 nitrogen and oxygen atoms in total. The molecule has 0 radical (unpaired) electrons. The molecule has 2 atom stereocenters. The van der Waals surface area contributed by atoms with E-state index in [0.717, 1.165) is 31.1 Å². The van der Waals surface area contributed by atoms with Crippen LogP contribution in [0.2, 0.25) is 0 Å². The summed E-state index contributed by atoms with van der Waals surface area (Å²) in [5.41, 5.74) is 2.45. The standard InChI is InChI=1S/C12H13ClO/c13-12-10(8-14)6-3-5-9-4-1-2-7-11(9)12/h1-2,4,7-8,10,12H,3,5-6H2. The minimum absolute atomic E-state index is 0.0136. The summed E-state index contributed by atoms with van der Waals surface area (Å²) in [7, 11) is 0. The SMILES string of the molecule is O=CC1CCCc2ccccc2C1Cl. The fourth-order valence-electron chi connectivity index (χ4n) is 2.07. The second-order valence-electron chi connectivity index (χ2n) is 3.79. The van der Waals surface area contributed by atoms with Crippen LogP contribution in [0.5, 0.6) is 0 Å². The van der Waals surface area contributed by atoms with E-state index in [-0.39, 0.29) is 11.3 Å². The first-order valence-corrected chi connectivity index (χ1v) is 5.43. The molecule has 0 N–H and O–H groups in total. The van der Waals surface area contributed by atoms with Gasteiger partial charge in [0.05, 0.1) is 5.38 Å². The van der Waals surface area contributed by atoms with Gasteiger partial charge in [-0.15, -0.1) is 11.6 Å². The van der Waals surface area contributed by atoms with Crippen LogP contribution in [0, 0.1) is 5.92 Å². The Morgan fingerprint density at radius 3 is 2.93 bits per heavy atom. The maximum Gasteiger partial charge on any atom is 0.124 e. The van der Waals surface area contributed by atoms with E-state index in [2.05, 4.69) is 6.07 Å². The van der Waals surface area contributed by atoms with Crippen LogP contribution in [0.3, 0.4) is 0 Å². The van der Waals surface area contributed by atoms with Gasteiger partial charge in [-0.2, -0.15) is 0 Å². The zero-order chi connectivity index (χ0) is 9.97. The number of halogens is 1. The molecule has 0 fully saturated rings. The summed E-state index contributed by atoms with van der Waals surface area (Å²) >= 11 is 6.29. The lowest BCUT2D eigenvalue weighted by Crippen LogP contribution is -2.08. The Labute approximate surface area is 89.1 Å². The van der Waals surface area contributed by atoms with Gasteiger partial charge in [-0.05, 0) is 30.4 Å². The lowest BCUT2D eigenvalue weighted by molar-refractivity contribution is -0.111. The third kappa shape index (κ3) is 1.69. The van der Waals surface area contributed by atoms with Crippen LogP contribution in [-0.2, 0) is 11.2 Å². The zero-order valence-electron chi connectivity index (χ0n) is 7.95. The molecule has 0 aliphatic heterocycles. The normalized spacial score (nSPS) is 26.4. The molecular formula is C12H13ClO. The lowest BCUT2D eigenvalue weighted by atomic mass is 9.97. The average molecular weight is 209 g/mol. The number of carbonyl (C=O) groups is 1. The number of carbonyl (C=O) groups excluding carboxylic acids is 1. The summed E-state index contributed by atoms with van der Waals surface area (Å²) < 4.78 is 0. The van der Waals surface area contributed by atoms with E-state index in [9.17, 15) is 4.79 Å². The Balaban J connectivity index is 2.39. The molecule has 1 aliphatic rings. The van der Waals surface area contributed by atoms with Crippen molar-refractivity contribution in [2.45, 2.75) is 24.6 Å².